The van der Waals surface area contributed by atoms with Crippen molar-refractivity contribution < 1.29 is 4.79 Å². The molecule has 0 aliphatic heterocycles. The van der Waals surface area contributed by atoms with Gasteiger partial charge in [0.2, 0.25) is 0 Å². The van der Waals surface area contributed by atoms with Crippen molar-refractivity contribution in [3.8, 4) is 0 Å². The average molecular weight is 185 g/mol. The number of allylic oxidation sites excluding steroid dienone is 1. The van der Waals surface area contributed by atoms with Gasteiger partial charge in [-0.25, -0.2) is 0 Å². The van der Waals surface area contributed by atoms with Crippen LogP contribution in [-0.2, 0) is 4.79 Å². The van der Waals surface area contributed by atoms with Crippen LogP contribution in [0.1, 0.15) is 33.1 Å². The summed E-state index contributed by atoms with van der Waals surface area (Å²) < 4.78 is 0. The van der Waals surface area contributed by atoms with Crippen molar-refractivity contribution in [3.63, 3.8) is 0 Å². The highest BCUT2D eigenvalue weighted by Crippen LogP contribution is 1.99. The van der Waals surface area contributed by atoms with Crippen LogP contribution < -0.4 is 16.6 Å². The Bertz CT molecular complexity index is 178. The fraction of sp³-hybridized carbons (Fsp3) is 0.667. The summed E-state index contributed by atoms with van der Waals surface area (Å²) in [7, 11) is 0. The molecule has 0 aromatic carbocycles. The van der Waals surface area contributed by atoms with Crippen LogP contribution >= 0.6 is 0 Å². The second kappa shape index (κ2) is 7.61. The molecule has 0 radical (unpaired) electrons. The number of hydrogen-bond donors (Lipinski definition) is 3. The van der Waals surface area contributed by atoms with Crippen LogP contribution in [0.25, 0.3) is 0 Å². The van der Waals surface area contributed by atoms with Gasteiger partial charge in [-0.3, -0.25) is 5.84 Å². The zero-order chi connectivity index (χ0) is 10.1. The molecule has 0 aromatic heterocycles. The first-order valence-electron chi connectivity index (χ1n) is 4.59. The predicted octanol–water partition coefficient (Wildman–Crippen LogP) is 0.660. The Kier molecular flexibility index (Phi) is 7.01. The average Bonchev–Trinajstić information content (AvgIpc) is 2.10. The lowest BCUT2D eigenvalue weighted by Crippen LogP contribution is -2.24. The molecule has 0 saturated carbocycles. The lowest BCUT2D eigenvalue weighted by Gasteiger charge is -2.05. The van der Waals surface area contributed by atoms with Crippen molar-refractivity contribution in [1.82, 2.24) is 10.7 Å². The van der Waals surface area contributed by atoms with Gasteiger partial charge in [0.15, 0.2) is 0 Å². The standard InChI is InChI=1S/C9H19N3O/c1-3-6-11-7-9(12-10)5-4-8(2)13/h7,11-12H,3-6,10H2,1-2H3/b9-7-. The minimum Gasteiger partial charge on any atom is -0.389 e. The molecular formula is C9H19N3O. The largest absolute Gasteiger partial charge is 0.389 e. The van der Waals surface area contributed by atoms with Gasteiger partial charge in [-0.1, -0.05) is 6.92 Å². The molecule has 0 rings (SSSR count). The van der Waals surface area contributed by atoms with E-state index >= 15 is 0 Å². The van der Waals surface area contributed by atoms with E-state index in [2.05, 4.69) is 17.7 Å². The fourth-order valence-electron chi connectivity index (χ4n) is 0.836. The van der Waals surface area contributed by atoms with Crippen LogP contribution in [0.15, 0.2) is 11.9 Å². The van der Waals surface area contributed by atoms with E-state index in [1.165, 1.54) is 0 Å². The molecule has 0 bridgehead atoms. The Morgan fingerprint density at radius 2 is 2.15 bits per heavy atom. The normalized spacial score (nSPS) is 11.2. The van der Waals surface area contributed by atoms with E-state index < -0.39 is 0 Å². The first kappa shape index (κ1) is 12.0. The summed E-state index contributed by atoms with van der Waals surface area (Å²) in [5.41, 5.74) is 3.43. The van der Waals surface area contributed by atoms with Crippen molar-refractivity contribution in [1.29, 1.82) is 0 Å². The monoisotopic (exact) mass is 185 g/mol. The molecule has 4 heteroatoms. The quantitative estimate of drug-likeness (QED) is 0.310. The van der Waals surface area contributed by atoms with E-state index in [0.29, 0.717) is 12.8 Å². The number of nitrogens with one attached hydrogen (secondary N) is 2. The first-order valence-corrected chi connectivity index (χ1v) is 4.59. The number of carbonyl (C=O) groups excluding carboxylic acids is 1. The van der Waals surface area contributed by atoms with Crippen LogP contribution in [0, 0.1) is 0 Å². The lowest BCUT2D eigenvalue weighted by atomic mass is 10.2. The molecule has 13 heavy (non-hydrogen) atoms. The highest BCUT2D eigenvalue weighted by Gasteiger charge is 1.97. The van der Waals surface area contributed by atoms with Gasteiger partial charge in [0.05, 0.1) is 0 Å². The third kappa shape index (κ3) is 7.33. The zero-order valence-corrected chi connectivity index (χ0v) is 8.39. The zero-order valence-electron chi connectivity index (χ0n) is 8.39. The number of hydrogen-bond acceptors (Lipinski definition) is 4. The molecule has 0 atom stereocenters. The molecule has 0 saturated heterocycles. The summed E-state index contributed by atoms with van der Waals surface area (Å²) in [5, 5.41) is 3.09. The number of Topliss-reactive ketones (excluding diaryl/α,β-unsaturated/α-hetero) is 1. The molecule has 0 spiro atoms. The lowest BCUT2D eigenvalue weighted by molar-refractivity contribution is -0.116. The van der Waals surface area contributed by atoms with E-state index in [9.17, 15) is 4.79 Å². The van der Waals surface area contributed by atoms with E-state index in [1.807, 2.05) is 6.20 Å². The van der Waals surface area contributed by atoms with Gasteiger partial charge in [-0.05, 0) is 19.8 Å². The minimum absolute atomic E-state index is 0.177. The van der Waals surface area contributed by atoms with Gasteiger partial charge < -0.3 is 15.5 Å². The third-order valence-corrected chi connectivity index (χ3v) is 1.60. The first-order chi connectivity index (χ1) is 6.20. The third-order valence-electron chi connectivity index (χ3n) is 1.60. The maximum atomic E-state index is 10.7. The summed E-state index contributed by atoms with van der Waals surface area (Å²) in [6.45, 7) is 4.59. The molecule has 0 fully saturated rings. The maximum absolute atomic E-state index is 10.7. The van der Waals surface area contributed by atoms with Crippen LogP contribution in [0.3, 0.4) is 0 Å². The minimum atomic E-state index is 0.177. The second-order valence-corrected chi connectivity index (χ2v) is 2.97. The Balaban J connectivity index is 3.73. The Morgan fingerprint density at radius 3 is 2.62 bits per heavy atom. The Morgan fingerprint density at radius 1 is 1.46 bits per heavy atom. The van der Waals surface area contributed by atoms with E-state index in [0.717, 1.165) is 18.7 Å². The molecule has 0 aliphatic carbocycles. The summed E-state index contributed by atoms with van der Waals surface area (Å²) in [4.78, 5) is 10.7. The molecule has 0 amide bonds. The highest BCUT2D eigenvalue weighted by molar-refractivity contribution is 5.75. The maximum Gasteiger partial charge on any atom is 0.130 e. The van der Waals surface area contributed by atoms with E-state index in [4.69, 9.17) is 5.84 Å². The molecule has 0 aliphatic rings. The second-order valence-electron chi connectivity index (χ2n) is 2.97. The van der Waals surface area contributed by atoms with Crippen molar-refractivity contribution in [2.75, 3.05) is 6.54 Å². The number of nitrogens with two attached hydrogens (primary N) is 1. The van der Waals surface area contributed by atoms with Gasteiger partial charge in [0.1, 0.15) is 5.78 Å². The van der Waals surface area contributed by atoms with Gasteiger partial charge in [-0.15, -0.1) is 0 Å². The van der Waals surface area contributed by atoms with Gasteiger partial charge in [0, 0.05) is 24.9 Å². The van der Waals surface area contributed by atoms with Crippen molar-refractivity contribution in [2.24, 2.45) is 5.84 Å². The molecule has 4 nitrogen and oxygen atoms in total. The Labute approximate surface area is 79.5 Å². The van der Waals surface area contributed by atoms with E-state index in [1.54, 1.807) is 6.92 Å². The molecular weight excluding hydrogens is 166 g/mol. The predicted molar refractivity (Wildman–Crippen MR) is 53.6 cm³/mol. The van der Waals surface area contributed by atoms with Crippen molar-refractivity contribution >= 4 is 5.78 Å². The van der Waals surface area contributed by atoms with Gasteiger partial charge in [-0.2, -0.15) is 0 Å². The van der Waals surface area contributed by atoms with Crippen LogP contribution in [0.4, 0.5) is 0 Å². The van der Waals surface area contributed by atoms with Crippen molar-refractivity contribution in [3.05, 3.63) is 11.9 Å². The summed E-state index contributed by atoms with van der Waals surface area (Å²) in [6.07, 6.45) is 4.10. The fourth-order valence-corrected chi connectivity index (χ4v) is 0.836. The summed E-state index contributed by atoms with van der Waals surface area (Å²) >= 11 is 0. The molecule has 0 aromatic rings. The van der Waals surface area contributed by atoms with Crippen LogP contribution in [0.5, 0.6) is 0 Å². The van der Waals surface area contributed by atoms with Crippen LogP contribution in [0.2, 0.25) is 0 Å². The van der Waals surface area contributed by atoms with E-state index in [-0.39, 0.29) is 5.78 Å². The van der Waals surface area contributed by atoms with Gasteiger partial charge >= 0.3 is 0 Å². The SMILES string of the molecule is CCCN/C=C(/CCC(C)=O)NN. The molecule has 0 unspecified atom stereocenters. The summed E-state index contributed by atoms with van der Waals surface area (Å²) in [6, 6.07) is 0. The molecule has 0 heterocycles. The number of rotatable bonds is 7. The van der Waals surface area contributed by atoms with Crippen LogP contribution in [-0.4, -0.2) is 12.3 Å². The summed E-state index contributed by atoms with van der Waals surface area (Å²) in [5.74, 6) is 5.45. The number of hydrazine groups is 1. The Hall–Kier alpha value is -1.03. The number of carbonyl (C=O) groups is 1. The topological polar surface area (TPSA) is 67.2 Å². The highest BCUT2D eigenvalue weighted by atomic mass is 16.1. The molecule has 76 valence electrons. The number of ketones is 1. The van der Waals surface area contributed by atoms with Crippen molar-refractivity contribution in [2.45, 2.75) is 33.1 Å². The molecule has 4 N–H and O–H groups in total. The smallest absolute Gasteiger partial charge is 0.130 e. The van der Waals surface area contributed by atoms with Gasteiger partial charge in [0.25, 0.3) is 0 Å².